The van der Waals surface area contributed by atoms with Gasteiger partial charge < -0.3 is 18.6 Å². The van der Waals surface area contributed by atoms with E-state index in [-0.39, 0.29) is 17.7 Å². The van der Waals surface area contributed by atoms with Crippen molar-refractivity contribution in [3.8, 4) is 17.2 Å². The van der Waals surface area contributed by atoms with Gasteiger partial charge in [-0.05, 0) is 41.3 Å². The maximum absolute atomic E-state index is 13.1. The van der Waals surface area contributed by atoms with Crippen molar-refractivity contribution >= 4 is 23.0 Å². The van der Waals surface area contributed by atoms with Gasteiger partial charge in [-0.2, -0.15) is 5.10 Å². The highest BCUT2D eigenvalue weighted by Gasteiger charge is 2.36. The van der Waals surface area contributed by atoms with E-state index >= 15 is 0 Å². The van der Waals surface area contributed by atoms with Gasteiger partial charge in [0.25, 0.3) is 0 Å². The molecule has 1 amide bonds. The van der Waals surface area contributed by atoms with Crippen LogP contribution in [0.4, 0.5) is 0 Å². The molecule has 0 aliphatic carbocycles. The van der Waals surface area contributed by atoms with Gasteiger partial charge in [0.15, 0.2) is 17.3 Å². The Morgan fingerprint density at radius 3 is 2.45 bits per heavy atom. The first kappa shape index (κ1) is 19.1. The van der Waals surface area contributed by atoms with Crippen LogP contribution in [-0.4, -0.2) is 38.0 Å². The fraction of sp³-hybridized carbons (Fsp3) is 0.238. The minimum absolute atomic E-state index is 0.235. The zero-order chi connectivity index (χ0) is 20.4. The second-order valence-corrected chi connectivity index (χ2v) is 7.28. The summed E-state index contributed by atoms with van der Waals surface area (Å²) in [5.41, 5.74) is 1.67. The number of furan rings is 1. The molecule has 0 spiro atoms. The third-order valence-corrected chi connectivity index (χ3v) is 5.65. The maximum atomic E-state index is 13.1. The van der Waals surface area contributed by atoms with Gasteiger partial charge in [0.1, 0.15) is 0 Å². The third kappa shape index (κ3) is 3.47. The molecule has 0 bridgehead atoms. The van der Waals surface area contributed by atoms with Crippen molar-refractivity contribution in [3.63, 3.8) is 0 Å². The van der Waals surface area contributed by atoms with Gasteiger partial charge in [-0.1, -0.05) is 6.07 Å². The van der Waals surface area contributed by atoms with Gasteiger partial charge in [0.2, 0.25) is 5.75 Å². The van der Waals surface area contributed by atoms with E-state index in [1.807, 2.05) is 29.6 Å². The van der Waals surface area contributed by atoms with Crippen molar-refractivity contribution in [1.29, 1.82) is 0 Å². The summed E-state index contributed by atoms with van der Waals surface area (Å²) in [6, 6.07) is 10.6. The Labute approximate surface area is 172 Å². The van der Waals surface area contributed by atoms with Gasteiger partial charge in [0, 0.05) is 6.42 Å². The number of carbonyl (C=O) groups excluding carboxylic acids is 1. The lowest BCUT2D eigenvalue weighted by Crippen LogP contribution is -2.26. The van der Waals surface area contributed by atoms with Crippen molar-refractivity contribution < 1.29 is 23.4 Å². The third-order valence-electron chi connectivity index (χ3n) is 4.73. The summed E-state index contributed by atoms with van der Waals surface area (Å²) in [6.07, 6.45) is 2.03. The Balaban J connectivity index is 1.78. The Kier molecular flexibility index (Phi) is 5.26. The number of amides is 1. The molecular weight excluding hydrogens is 392 g/mol. The van der Waals surface area contributed by atoms with Crippen LogP contribution in [0.2, 0.25) is 0 Å². The number of thiophene rings is 1. The number of rotatable bonds is 6. The topological polar surface area (TPSA) is 73.5 Å². The molecule has 8 heteroatoms. The maximum Gasteiger partial charge on any atom is 0.310 e. The zero-order valence-corrected chi connectivity index (χ0v) is 17.1. The Hall–Kier alpha value is -3.26. The number of benzene rings is 1. The average molecular weight is 412 g/mol. The van der Waals surface area contributed by atoms with Crippen LogP contribution in [0.5, 0.6) is 17.2 Å². The minimum Gasteiger partial charge on any atom is -0.493 e. The smallest absolute Gasteiger partial charge is 0.310 e. The van der Waals surface area contributed by atoms with Crippen molar-refractivity contribution in [2.24, 2.45) is 5.10 Å². The van der Waals surface area contributed by atoms with Crippen LogP contribution < -0.4 is 14.2 Å². The van der Waals surface area contributed by atoms with E-state index < -0.39 is 0 Å². The van der Waals surface area contributed by atoms with Gasteiger partial charge in [-0.25, -0.2) is 5.01 Å². The van der Waals surface area contributed by atoms with E-state index in [9.17, 15) is 4.79 Å². The van der Waals surface area contributed by atoms with Crippen LogP contribution in [-0.2, 0) is 0 Å². The SMILES string of the molecule is COc1cc(C2CC(c3cccs3)=NN2C(=O)c2ccco2)cc(OC)c1OC. The number of hydrogen-bond acceptors (Lipinski definition) is 7. The van der Waals surface area contributed by atoms with Gasteiger partial charge in [-0.15, -0.1) is 11.3 Å². The molecule has 0 radical (unpaired) electrons. The first-order valence-electron chi connectivity index (χ1n) is 8.94. The van der Waals surface area contributed by atoms with Crippen LogP contribution in [0.15, 0.2) is 57.6 Å². The molecule has 4 rings (SSSR count). The van der Waals surface area contributed by atoms with E-state index in [4.69, 9.17) is 18.6 Å². The largest absolute Gasteiger partial charge is 0.493 e. The molecule has 1 unspecified atom stereocenters. The second kappa shape index (κ2) is 8.00. The predicted molar refractivity (Wildman–Crippen MR) is 109 cm³/mol. The first-order chi connectivity index (χ1) is 14.2. The number of nitrogens with zero attached hydrogens (tertiary/aromatic N) is 2. The molecular formula is C21H20N2O5S. The van der Waals surface area contributed by atoms with E-state index in [2.05, 4.69) is 5.10 Å². The molecule has 0 fully saturated rings. The number of methoxy groups -OCH3 is 3. The molecule has 1 aliphatic rings. The van der Waals surface area contributed by atoms with E-state index in [1.165, 1.54) is 11.3 Å². The number of hydrazone groups is 1. The molecule has 0 saturated carbocycles. The van der Waals surface area contributed by atoms with Gasteiger partial charge in [0.05, 0.1) is 44.2 Å². The monoisotopic (exact) mass is 412 g/mol. The average Bonchev–Trinajstić information content (AvgIpc) is 3.52. The Morgan fingerprint density at radius 2 is 1.90 bits per heavy atom. The number of carbonyl (C=O) groups is 1. The summed E-state index contributed by atoms with van der Waals surface area (Å²) in [5, 5.41) is 8.09. The van der Waals surface area contributed by atoms with Gasteiger partial charge >= 0.3 is 5.91 Å². The Morgan fingerprint density at radius 1 is 1.14 bits per heavy atom. The fourth-order valence-corrected chi connectivity index (χ4v) is 4.08. The van der Waals surface area contributed by atoms with Crippen LogP contribution in [0.3, 0.4) is 0 Å². The molecule has 150 valence electrons. The summed E-state index contributed by atoms with van der Waals surface area (Å²) in [7, 11) is 4.69. The van der Waals surface area contributed by atoms with Crippen molar-refractivity contribution in [3.05, 3.63) is 64.2 Å². The normalized spacial score (nSPS) is 15.9. The lowest BCUT2D eigenvalue weighted by molar-refractivity contribution is 0.0678. The van der Waals surface area contributed by atoms with E-state index in [0.717, 1.165) is 16.2 Å². The molecule has 1 aliphatic heterocycles. The van der Waals surface area contributed by atoms with Crippen LogP contribution in [0, 0.1) is 0 Å². The fourth-order valence-electron chi connectivity index (χ4n) is 3.36. The quantitative estimate of drug-likeness (QED) is 0.602. The molecule has 2 aromatic heterocycles. The van der Waals surface area contributed by atoms with Crippen molar-refractivity contribution in [2.45, 2.75) is 12.5 Å². The zero-order valence-electron chi connectivity index (χ0n) is 16.2. The predicted octanol–water partition coefficient (Wildman–Crippen LogP) is 4.36. The molecule has 7 nitrogen and oxygen atoms in total. The summed E-state index contributed by atoms with van der Waals surface area (Å²) in [5.74, 6) is 1.48. The second-order valence-electron chi connectivity index (χ2n) is 6.33. The number of hydrogen-bond donors (Lipinski definition) is 0. The van der Waals surface area contributed by atoms with E-state index in [1.54, 1.807) is 44.8 Å². The molecule has 3 aromatic rings. The lowest BCUT2D eigenvalue weighted by Gasteiger charge is -2.23. The first-order valence-corrected chi connectivity index (χ1v) is 9.82. The summed E-state index contributed by atoms with van der Waals surface area (Å²) in [4.78, 5) is 14.1. The molecule has 1 atom stereocenters. The van der Waals surface area contributed by atoms with Crippen molar-refractivity contribution in [2.75, 3.05) is 21.3 Å². The molecule has 0 N–H and O–H groups in total. The Bertz CT molecular complexity index is 1000. The highest BCUT2D eigenvalue weighted by Crippen LogP contribution is 2.43. The summed E-state index contributed by atoms with van der Waals surface area (Å²) >= 11 is 1.59. The van der Waals surface area contributed by atoms with Gasteiger partial charge in [-0.3, -0.25) is 4.79 Å². The minimum atomic E-state index is -0.335. The highest BCUT2D eigenvalue weighted by atomic mass is 32.1. The standard InChI is InChI=1S/C21H20N2O5S/c1-25-17-10-13(11-18(26-2)20(17)27-3)15-12-14(19-7-5-9-29-19)22-23(15)21(24)16-6-4-8-28-16/h4-11,15H,12H2,1-3H3. The summed E-state index contributed by atoms with van der Waals surface area (Å²) in [6.45, 7) is 0. The molecule has 0 saturated heterocycles. The highest BCUT2D eigenvalue weighted by molar-refractivity contribution is 7.12. The molecule has 3 heterocycles. The summed E-state index contributed by atoms with van der Waals surface area (Å²) < 4.78 is 21.7. The number of ether oxygens (including phenoxy) is 3. The van der Waals surface area contributed by atoms with Crippen LogP contribution in [0.25, 0.3) is 0 Å². The molecule has 1 aromatic carbocycles. The van der Waals surface area contributed by atoms with Crippen molar-refractivity contribution in [1.82, 2.24) is 5.01 Å². The van der Waals surface area contributed by atoms with E-state index in [0.29, 0.717) is 23.7 Å². The van der Waals surface area contributed by atoms with Crippen LogP contribution in [0.1, 0.15) is 33.5 Å². The lowest BCUT2D eigenvalue weighted by atomic mass is 10.00. The van der Waals surface area contributed by atoms with Crippen LogP contribution >= 0.6 is 11.3 Å². The molecule has 29 heavy (non-hydrogen) atoms.